The predicted molar refractivity (Wildman–Crippen MR) is 111 cm³/mol. The molecule has 1 amide bonds. The summed E-state index contributed by atoms with van der Waals surface area (Å²) >= 11 is 0. The second kappa shape index (κ2) is 7.79. The maximum absolute atomic E-state index is 12.7. The van der Waals surface area contributed by atoms with Gasteiger partial charge in [0.15, 0.2) is 5.65 Å². The van der Waals surface area contributed by atoms with Gasteiger partial charge in [-0.25, -0.2) is 10.5 Å². The molecule has 2 bridgehead atoms. The van der Waals surface area contributed by atoms with E-state index >= 15 is 0 Å². The Bertz CT molecular complexity index is 1110. The van der Waals surface area contributed by atoms with Crippen molar-refractivity contribution in [3.63, 3.8) is 0 Å². The van der Waals surface area contributed by atoms with Crippen molar-refractivity contribution in [2.45, 2.75) is 43.3 Å². The number of carbonyl (C=O) groups is 1. The number of carbonyl (C=O) groups excluding carboxylic acids is 1. The Kier molecular flexibility index (Phi) is 4.95. The SMILES string of the molecule is COc1ccc2c(Oc3ccc(C4(C(=O)NO)CC5CCC(C4)O5)cc3)ccnc2n1. The number of amides is 1. The molecule has 0 radical (unpaired) electrons. The van der Waals surface area contributed by atoms with E-state index < -0.39 is 5.41 Å². The topological polar surface area (TPSA) is 103 Å². The fourth-order valence-electron chi connectivity index (χ4n) is 4.76. The summed E-state index contributed by atoms with van der Waals surface area (Å²) < 4.78 is 17.2. The lowest BCUT2D eigenvalue weighted by molar-refractivity contribution is -0.142. The first-order valence-corrected chi connectivity index (χ1v) is 10.3. The van der Waals surface area contributed by atoms with Crippen LogP contribution < -0.4 is 15.0 Å². The molecule has 0 spiro atoms. The number of methoxy groups -OCH3 is 1. The van der Waals surface area contributed by atoms with Crippen LogP contribution in [0.3, 0.4) is 0 Å². The van der Waals surface area contributed by atoms with Crippen molar-refractivity contribution in [1.29, 1.82) is 0 Å². The Balaban J connectivity index is 1.44. The number of hydrogen-bond donors (Lipinski definition) is 2. The number of hydrogen-bond acceptors (Lipinski definition) is 7. The van der Waals surface area contributed by atoms with Crippen LogP contribution in [0.15, 0.2) is 48.7 Å². The number of pyridine rings is 2. The van der Waals surface area contributed by atoms with E-state index in [0.29, 0.717) is 35.9 Å². The van der Waals surface area contributed by atoms with Gasteiger partial charge in [0, 0.05) is 12.3 Å². The zero-order chi connectivity index (χ0) is 21.4. The highest BCUT2D eigenvalue weighted by atomic mass is 16.5. The van der Waals surface area contributed by atoms with Crippen molar-refractivity contribution in [3.8, 4) is 17.4 Å². The number of nitrogens with zero attached hydrogens (tertiary/aromatic N) is 2. The normalized spacial score (nSPS) is 24.7. The minimum Gasteiger partial charge on any atom is -0.481 e. The van der Waals surface area contributed by atoms with Gasteiger partial charge in [0.2, 0.25) is 5.88 Å². The van der Waals surface area contributed by atoms with Crippen LogP contribution in [0.5, 0.6) is 17.4 Å². The van der Waals surface area contributed by atoms with Gasteiger partial charge in [0.05, 0.1) is 30.1 Å². The van der Waals surface area contributed by atoms with Gasteiger partial charge in [0.1, 0.15) is 11.5 Å². The van der Waals surface area contributed by atoms with Crippen LogP contribution in [0.4, 0.5) is 0 Å². The van der Waals surface area contributed by atoms with Gasteiger partial charge in [-0.05, 0) is 55.5 Å². The van der Waals surface area contributed by atoms with Gasteiger partial charge in [0.25, 0.3) is 5.91 Å². The van der Waals surface area contributed by atoms with Crippen LogP contribution >= 0.6 is 0 Å². The van der Waals surface area contributed by atoms with Crippen LogP contribution in [0.1, 0.15) is 31.2 Å². The third-order valence-electron chi connectivity index (χ3n) is 6.27. The summed E-state index contributed by atoms with van der Waals surface area (Å²) in [4.78, 5) is 21.3. The molecular weight excluding hydrogens is 398 g/mol. The molecule has 4 heterocycles. The quantitative estimate of drug-likeness (QED) is 0.480. The van der Waals surface area contributed by atoms with Gasteiger partial charge < -0.3 is 14.2 Å². The summed E-state index contributed by atoms with van der Waals surface area (Å²) in [5, 5.41) is 10.2. The first-order valence-electron chi connectivity index (χ1n) is 10.3. The van der Waals surface area contributed by atoms with Crippen molar-refractivity contribution < 1.29 is 24.2 Å². The number of hydroxylamine groups is 1. The maximum atomic E-state index is 12.7. The standard InChI is InChI=1S/C23H23N3O5/c1-29-20-9-8-18-19(10-11-24-21(18)25-20)31-15-4-2-14(3-5-15)23(22(27)26-28)12-16-6-7-17(13-23)30-16/h2-5,8-11,16-17,28H,6-7,12-13H2,1H3,(H,26,27). The van der Waals surface area contributed by atoms with Gasteiger partial charge in [-0.15, -0.1) is 0 Å². The molecule has 2 saturated heterocycles. The third-order valence-corrected chi connectivity index (χ3v) is 6.27. The molecule has 0 saturated carbocycles. The van der Waals surface area contributed by atoms with E-state index in [2.05, 4.69) is 9.97 Å². The van der Waals surface area contributed by atoms with Crippen molar-refractivity contribution >= 4 is 16.9 Å². The zero-order valence-corrected chi connectivity index (χ0v) is 17.1. The van der Waals surface area contributed by atoms with Crippen LogP contribution in [0, 0.1) is 0 Å². The minimum atomic E-state index is -0.804. The number of ether oxygens (including phenoxy) is 3. The first kappa shape index (κ1) is 19.7. The Morgan fingerprint density at radius 3 is 2.55 bits per heavy atom. The second-order valence-corrected chi connectivity index (χ2v) is 8.05. The molecular formula is C23H23N3O5. The fourth-order valence-corrected chi connectivity index (χ4v) is 4.76. The molecule has 160 valence electrons. The average Bonchev–Trinajstić information content (AvgIpc) is 3.16. The van der Waals surface area contributed by atoms with E-state index in [9.17, 15) is 10.0 Å². The Morgan fingerprint density at radius 2 is 1.87 bits per heavy atom. The molecule has 2 aliphatic rings. The van der Waals surface area contributed by atoms with E-state index in [1.54, 1.807) is 25.4 Å². The molecule has 2 N–H and O–H groups in total. The van der Waals surface area contributed by atoms with Crippen LogP contribution in [0.2, 0.25) is 0 Å². The van der Waals surface area contributed by atoms with Gasteiger partial charge in [-0.2, -0.15) is 4.98 Å². The largest absolute Gasteiger partial charge is 0.481 e. The first-order chi connectivity index (χ1) is 15.1. The second-order valence-electron chi connectivity index (χ2n) is 8.05. The molecule has 31 heavy (non-hydrogen) atoms. The van der Waals surface area contributed by atoms with E-state index in [-0.39, 0.29) is 18.1 Å². The molecule has 3 aromatic rings. The summed E-state index contributed by atoms with van der Waals surface area (Å²) in [5.41, 5.74) is 2.45. The number of benzene rings is 1. The fraction of sp³-hybridized carbons (Fsp3) is 0.348. The summed E-state index contributed by atoms with van der Waals surface area (Å²) in [6.45, 7) is 0. The Morgan fingerprint density at radius 1 is 1.13 bits per heavy atom. The Labute approximate surface area is 179 Å². The monoisotopic (exact) mass is 421 g/mol. The lowest BCUT2D eigenvalue weighted by Crippen LogP contribution is -2.49. The van der Waals surface area contributed by atoms with Gasteiger partial charge >= 0.3 is 0 Å². The molecule has 2 fully saturated rings. The van der Waals surface area contributed by atoms with Crippen molar-refractivity contribution in [2.75, 3.05) is 7.11 Å². The number of aromatic nitrogens is 2. The molecule has 2 unspecified atom stereocenters. The molecule has 2 atom stereocenters. The number of fused-ring (bicyclic) bond motifs is 3. The molecule has 5 rings (SSSR count). The Hall–Kier alpha value is -3.23. The predicted octanol–water partition coefficient (Wildman–Crippen LogP) is 3.52. The van der Waals surface area contributed by atoms with E-state index in [4.69, 9.17) is 14.2 Å². The van der Waals surface area contributed by atoms with E-state index in [1.807, 2.05) is 35.8 Å². The summed E-state index contributed by atoms with van der Waals surface area (Å²) in [6, 6.07) is 12.8. The van der Waals surface area contributed by atoms with Crippen LogP contribution in [-0.4, -0.2) is 40.4 Å². The molecule has 8 nitrogen and oxygen atoms in total. The summed E-state index contributed by atoms with van der Waals surface area (Å²) in [5.74, 6) is 1.35. The van der Waals surface area contributed by atoms with Crippen LogP contribution in [0.25, 0.3) is 11.0 Å². The zero-order valence-electron chi connectivity index (χ0n) is 17.1. The smallest absolute Gasteiger partial charge is 0.254 e. The van der Waals surface area contributed by atoms with E-state index in [0.717, 1.165) is 23.8 Å². The van der Waals surface area contributed by atoms with Crippen molar-refractivity contribution in [2.24, 2.45) is 0 Å². The lowest BCUT2D eigenvalue weighted by atomic mass is 9.71. The van der Waals surface area contributed by atoms with Gasteiger partial charge in [-0.3, -0.25) is 10.0 Å². The lowest BCUT2D eigenvalue weighted by Gasteiger charge is -2.39. The molecule has 2 aromatic heterocycles. The molecule has 1 aromatic carbocycles. The highest BCUT2D eigenvalue weighted by Gasteiger charge is 2.50. The summed E-state index contributed by atoms with van der Waals surface area (Å²) in [7, 11) is 1.56. The van der Waals surface area contributed by atoms with Crippen molar-refractivity contribution in [1.82, 2.24) is 15.4 Å². The highest BCUT2D eigenvalue weighted by Crippen LogP contribution is 2.46. The van der Waals surface area contributed by atoms with Gasteiger partial charge in [-0.1, -0.05) is 12.1 Å². The number of nitrogens with one attached hydrogen (secondary N) is 1. The molecule has 0 aliphatic carbocycles. The molecule has 8 heteroatoms. The number of rotatable bonds is 5. The summed E-state index contributed by atoms with van der Waals surface area (Å²) in [6.07, 6.45) is 4.72. The third kappa shape index (κ3) is 3.47. The minimum absolute atomic E-state index is 0.0413. The average molecular weight is 421 g/mol. The van der Waals surface area contributed by atoms with Crippen molar-refractivity contribution in [3.05, 3.63) is 54.2 Å². The van der Waals surface area contributed by atoms with E-state index in [1.165, 1.54) is 0 Å². The highest BCUT2D eigenvalue weighted by molar-refractivity contribution is 5.88. The van der Waals surface area contributed by atoms with Crippen LogP contribution in [-0.2, 0) is 14.9 Å². The molecule has 2 aliphatic heterocycles. The maximum Gasteiger partial charge on any atom is 0.254 e.